The normalized spacial score (nSPS) is 20.0. The van der Waals surface area contributed by atoms with Gasteiger partial charge in [-0.1, -0.05) is 18.2 Å². The Bertz CT molecular complexity index is 1020. The van der Waals surface area contributed by atoms with E-state index in [9.17, 15) is 4.79 Å². The lowest BCUT2D eigenvalue weighted by Gasteiger charge is -2.36. The van der Waals surface area contributed by atoms with Crippen molar-refractivity contribution in [3.8, 4) is 0 Å². The van der Waals surface area contributed by atoms with Crippen molar-refractivity contribution in [2.24, 2.45) is 0 Å². The van der Waals surface area contributed by atoms with Gasteiger partial charge in [0, 0.05) is 55.9 Å². The fourth-order valence-electron chi connectivity index (χ4n) is 4.64. The first-order valence-electron chi connectivity index (χ1n) is 10.9. The fraction of sp³-hybridized carbons (Fsp3) is 0.435. The van der Waals surface area contributed by atoms with Gasteiger partial charge in [-0.3, -0.25) is 4.79 Å². The number of hydrogen-bond donors (Lipinski definition) is 1. The molecule has 2 saturated heterocycles. The first-order valence-corrected chi connectivity index (χ1v) is 10.9. The number of nitrogens with one attached hydrogen (secondary N) is 1. The lowest BCUT2D eigenvalue weighted by molar-refractivity contribution is 0.0748. The zero-order chi connectivity index (χ0) is 20.5. The number of rotatable bonds is 3. The zero-order valence-corrected chi connectivity index (χ0v) is 17.4. The van der Waals surface area contributed by atoms with Crippen molar-refractivity contribution in [3.05, 3.63) is 48.2 Å². The molecule has 1 aromatic carbocycles. The third kappa shape index (κ3) is 3.49. The van der Waals surface area contributed by atoms with Crippen LogP contribution in [0.15, 0.2) is 42.6 Å². The Kier molecular flexibility index (Phi) is 5.02. The number of nitrogens with zero attached hydrogens (tertiary/aromatic N) is 5. The Morgan fingerprint density at radius 1 is 0.967 bits per heavy atom. The van der Waals surface area contributed by atoms with Crippen LogP contribution in [0.5, 0.6) is 0 Å². The number of piperazine rings is 1. The van der Waals surface area contributed by atoms with Gasteiger partial charge in [0.25, 0.3) is 5.91 Å². The number of fused-ring (bicyclic) bond motifs is 1. The highest BCUT2D eigenvalue weighted by atomic mass is 16.2. The molecule has 0 spiro atoms. The van der Waals surface area contributed by atoms with Gasteiger partial charge in [-0.05, 0) is 44.4 Å². The van der Waals surface area contributed by atoms with Gasteiger partial charge in [0.15, 0.2) is 11.6 Å². The predicted molar refractivity (Wildman–Crippen MR) is 119 cm³/mol. The summed E-state index contributed by atoms with van der Waals surface area (Å²) in [5, 5.41) is 9.99. The van der Waals surface area contributed by atoms with Gasteiger partial charge in [0.05, 0.1) is 5.56 Å². The van der Waals surface area contributed by atoms with E-state index in [4.69, 9.17) is 0 Å². The van der Waals surface area contributed by atoms with E-state index in [0.29, 0.717) is 19.1 Å². The van der Waals surface area contributed by atoms with Crippen LogP contribution in [0.1, 0.15) is 36.5 Å². The van der Waals surface area contributed by atoms with Crippen LogP contribution in [0.25, 0.3) is 10.9 Å². The number of aromatic nitrogens is 3. The SMILES string of the molecule is CC1CCCCN1c1ccc(N2CCN(C(=O)c3c[nH]c4ccccc34)CC2)nn1. The van der Waals surface area contributed by atoms with E-state index in [1.165, 1.54) is 19.3 Å². The predicted octanol–water partition coefficient (Wildman–Crippen LogP) is 3.30. The van der Waals surface area contributed by atoms with E-state index in [0.717, 1.165) is 47.7 Å². The molecule has 1 unspecified atom stereocenters. The molecule has 2 aliphatic rings. The standard InChI is InChI=1S/C23H28N6O/c1-17-6-4-5-11-29(17)22-10-9-21(25-26-22)27-12-14-28(15-13-27)23(30)19-16-24-20-8-3-2-7-18(19)20/h2-3,7-10,16-17,24H,4-6,11-15H2,1H3. The topological polar surface area (TPSA) is 68.4 Å². The van der Waals surface area contributed by atoms with Gasteiger partial charge < -0.3 is 19.7 Å². The van der Waals surface area contributed by atoms with E-state index < -0.39 is 0 Å². The summed E-state index contributed by atoms with van der Waals surface area (Å²) in [7, 11) is 0. The molecule has 1 N–H and O–H groups in total. The number of H-pyrrole nitrogens is 1. The Balaban J connectivity index is 1.23. The molecule has 2 fully saturated rings. The second-order valence-electron chi connectivity index (χ2n) is 8.32. The summed E-state index contributed by atoms with van der Waals surface area (Å²) >= 11 is 0. The van der Waals surface area contributed by atoms with E-state index in [2.05, 4.69) is 44.0 Å². The molecule has 30 heavy (non-hydrogen) atoms. The maximum Gasteiger partial charge on any atom is 0.256 e. The minimum atomic E-state index is 0.0904. The Labute approximate surface area is 176 Å². The third-order valence-electron chi connectivity index (χ3n) is 6.44. The largest absolute Gasteiger partial charge is 0.360 e. The van der Waals surface area contributed by atoms with Crippen molar-refractivity contribution in [3.63, 3.8) is 0 Å². The molecule has 7 heteroatoms. The molecule has 3 aromatic rings. The van der Waals surface area contributed by atoms with Crippen LogP contribution in [0, 0.1) is 0 Å². The van der Waals surface area contributed by atoms with Crippen LogP contribution in [0.2, 0.25) is 0 Å². The lowest BCUT2D eigenvalue weighted by atomic mass is 10.0. The number of para-hydroxylation sites is 1. The van der Waals surface area contributed by atoms with Crippen LogP contribution < -0.4 is 9.80 Å². The highest BCUT2D eigenvalue weighted by Crippen LogP contribution is 2.24. The first kappa shape index (κ1) is 18.9. The molecule has 1 atom stereocenters. The summed E-state index contributed by atoms with van der Waals surface area (Å²) < 4.78 is 0. The first-order chi connectivity index (χ1) is 14.7. The number of aromatic amines is 1. The van der Waals surface area contributed by atoms with E-state index >= 15 is 0 Å². The smallest absolute Gasteiger partial charge is 0.256 e. The number of amides is 1. The zero-order valence-electron chi connectivity index (χ0n) is 17.4. The summed E-state index contributed by atoms with van der Waals surface area (Å²) in [6.07, 6.45) is 5.56. The molecule has 5 rings (SSSR count). The minimum absolute atomic E-state index is 0.0904. The van der Waals surface area contributed by atoms with Crippen molar-refractivity contribution >= 4 is 28.4 Å². The fourth-order valence-corrected chi connectivity index (χ4v) is 4.64. The van der Waals surface area contributed by atoms with Crippen LogP contribution in [0.4, 0.5) is 11.6 Å². The van der Waals surface area contributed by atoms with Crippen molar-refractivity contribution in [1.29, 1.82) is 0 Å². The summed E-state index contributed by atoms with van der Waals surface area (Å²) in [4.78, 5) is 22.7. The Hall–Kier alpha value is -3.09. The highest BCUT2D eigenvalue weighted by Gasteiger charge is 2.25. The van der Waals surface area contributed by atoms with Crippen molar-refractivity contribution < 1.29 is 4.79 Å². The highest BCUT2D eigenvalue weighted by molar-refractivity contribution is 6.06. The maximum atomic E-state index is 13.0. The molecule has 2 aliphatic heterocycles. The minimum Gasteiger partial charge on any atom is -0.360 e. The van der Waals surface area contributed by atoms with Gasteiger partial charge in [0.2, 0.25) is 0 Å². The third-order valence-corrected chi connectivity index (χ3v) is 6.44. The molecular formula is C23H28N6O. The van der Waals surface area contributed by atoms with E-state index in [-0.39, 0.29) is 5.91 Å². The van der Waals surface area contributed by atoms with Crippen LogP contribution >= 0.6 is 0 Å². The number of benzene rings is 1. The molecular weight excluding hydrogens is 376 g/mol. The molecule has 4 heterocycles. The number of piperidine rings is 1. The van der Waals surface area contributed by atoms with E-state index in [1.807, 2.05) is 35.4 Å². The second kappa shape index (κ2) is 7.97. The summed E-state index contributed by atoms with van der Waals surface area (Å²) in [5.74, 6) is 1.95. The number of carbonyl (C=O) groups is 1. The summed E-state index contributed by atoms with van der Waals surface area (Å²) in [5.41, 5.74) is 1.75. The Morgan fingerprint density at radius 2 is 1.73 bits per heavy atom. The van der Waals surface area contributed by atoms with Gasteiger partial charge in [0.1, 0.15) is 0 Å². The van der Waals surface area contributed by atoms with Gasteiger partial charge >= 0.3 is 0 Å². The molecule has 0 radical (unpaired) electrons. The molecule has 1 amide bonds. The number of carbonyl (C=O) groups excluding carboxylic acids is 1. The van der Waals surface area contributed by atoms with Gasteiger partial charge in [-0.2, -0.15) is 0 Å². The van der Waals surface area contributed by atoms with Crippen LogP contribution in [-0.4, -0.2) is 64.8 Å². The number of hydrogen-bond acceptors (Lipinski definition) is 5. The lowest BCUT2D eigenvalue weighted by Crippen LogP contribution is -2.49. The monoisotopic (exact) mass is 404 g/mol. The van der Waals surface area contributed by atoms with Crippen molar-refractivity contribution in [2.45, 2.75) is 32.2 Å². The van der Waals surface area contributed by atoms with Crippen LogP contribution in [-0.2, 0) is 0 Å². The maximum absolute atomic E-state index is 13.0. The second-order valence-corrected chi connectivity index (χ2v) is 8.32. The van der Waals surface area contributed by atoms with Gasteiger partial charge in [-0.25, -0.2) is 0 Å². The molecule has 7 nitrogen and oxygen atoms in total. The molecule has 2 aromatic heterocycles. The number of anilines is 2. The summed E-state index contributed by atoms with van der Waals surface area (Å²) in [6, 6.07) is 12.6. The van der Waals surface area contributed by atoms with Crippen molar-refractivity contribution in [2.75, 3.05) is 42.5 Å². The summed E-state index contributed by atoms with van der Waals surface area (Å²) in [6.45, 7) is 6.23. The molecule has 0 aliphatic carbocycles. The van der Waals surface area contributed by atoms with Crippen LogP contribution in [0.3, 0.4) is 0 Å². The van der Waals surface area contributed by atoms with Gasteiger partial charge in [-0.15, -0.1) is 10.2 Å². The quantitative estimate of drug-likeness (QED) is 0.725. The molecule has 0 saturated carbocycles. The molecule has 156 valence electrons. The molecule has 0 bridgehead atoms. The Morgan fingerprint density at radius 3 is 2.50 bits per heavy atom. The average molecular weight is 405 g/mol. The van der Waals surface area contributed by atoms with E-state index in [1.54, 1.807) is 0 Å². The average Bonchev–Trinajstić information content (AvgIpc) is 3.23. The van der Waals surface area contributed by atoms with Crippen molar-refractivity contribution in [1.82, 2.24) is 20.1 Å².